The second-order valence-electron chi connectivity index (χ2n) is 8.59. The lowest BCUT2D eigenvalue weighted by Gasteiger charge is -2.09. The van der Waals surface area contributed by atoms with E-state index in [4.69, 9.17) is 27.9 Å². The van der Waals surface area contributed by atoms with Gasteiger partial charge < -0.3 is 10.1 Å². The first-order valence-electron chi connectivity index (χ1n) is 11.9. The summed E-state index contributed by atoms with van der Waals surface area (Å²) < 4.78 is 5.38. The van der Waals surface area contributed by atoms with Gasteiger partial charge >= 0.3 is 5.97 Å². The van der Waals surface area contributed by atoms with Crippen LogP contribution in [-0.2, 0) is 0 Å². The number of carbonyl (C=O) groups excluding carboxylic acids is 3. The predicted molar refractivity (Wildman–Crippen MR) is 155 cm³/mol. The van der Waals surface area contributed by atoms with Crippen LogP contribution in [0.2, 0.25) is 10.0 Å². The summed E-state index contributed by atoms with van der Waals surface area (Å²) >= 11 is 11.9. The minimum absolute atomic E-state index is 0.0316. The molecule has 206 valence electrons. The van der Waals surface area contributed by atoms with Gasteiger partial charge in [-0.3, -0.25) is 19.7 Å². The molecule has 0 aliphatic rings. The van der Waals surface area contributed by atoms with Gasteiger partial charge in [0.25, 0.3) is 17.5 Å². The first-order chi connectivity index (χ1) is 19.6. The number of ether oxygens (including phenoxy) is 1. The van der Waals surface area contributed by atoms with Gasteiger partial charge in [-0.05, 0) is 67.6 Å². The lowest BCUT2D eigenvalue weighted by atomic mass is 10.1. The van der Waals surface area contributed by atoms with Crippen molar-refractivity contribution in [1.82, 2.24) is 5.43 Å². The van der Waals surface area contributed by atoms with E-state index in [0.29, 0.717) is 16.3 Å². The Bertz CT molecular complexity index is 1670. The van der Waals surface area contributed by atoms with Crippen LogP contribution in [0.5, 0.6) is 5.75 Å². The standard InChI is InChI=1S/C29H20Cl2N4O6/c1-17-2-4-18(5-3-17)27(36)33-22-9-6-19(7-10-22)28(37)34-32-16-20-14-23(35(39)40)11-13-26(20)41-29(38)24-12-8-21(30)15-25(24)31/h2-16H,1H3,(H,33,36)(H,34,37)/b32-16+. The first kappa shape index (κ1) is 28.9. The minimum atomic E-state index is -0.825. The molecule has 0 heterocycles. The van der Waals surface area contributed by atoms with Crippen molar-refractivity contribution in [2.24, 2.45) is 5.10 Å². The summed E-state index contributed by atoms with van der Waals surface area (Å²) in [4.78, 5) is 48.3. The van der Waals surface area contributed by atoms with Crippen LogP contribution in [0.4, 0.5) is 11.4 Å². The Morgan fingerprint density at radius 3 is 2.20 bits per heavy atom. The molecule has 0 atom stereocenters. The number of anilines is 1. The maximum atomic E-state index is 12.6. The third kappa shape index (κ3) is 7.53. The predicted octanol–water partition coefficient (Wildman–Crippen LogP) is 6.45. The second-order valence-corrected chi connectivity index (χ2v) is 9.43. The summed E-state index contributed by atoms with van der Waals surface area (Å²) in [6, 6.07) is 20.9. The van der Waals surface area contributed by atoms with Crippen molar-refractivity contribution in [3.63, 3.8) is 0 Å². The number of hydrogen-bond acceptors (Lipinski definition) is 7. The number of rotatable bonds is 8. The van der Waals surface area contributed by atoms with Crippen molar-refractivity contribution in [3.8, 4) is 5.75 Å². The fourth-order valence-corrected chi connectivity index (χ4v) is 3.98. The number of nitrogens with one attached hydrogen (secondary N) is 2. The fraction of sp³-hybridized carbons (Fsp3) is 0.0345. The topological polar surface area (TPSA) is 140 Å². The smallest absolute Gasteiger partial charge is 0.345 e. The molecule has 0 unspecified atom stereocenters. The zero-order chi connectivity index (χ0) is 29.5. The van der Waals surface area contributed by atoms with Gasteiger partial charge in [0, 0.05) is 39.5 Å². The minimum Gasteiger partial charge on any atom is -0.422 e. The van der Waals surface area contributed by atoms with Crippen LogP contribution in [0, 0.1) is 17.0 Å². The largest absolute Gasteiger partial charge is 0.422 e. The van der Waals surface area contributed by atoms with Crippen molar-refractivity contribution in [2.45, 2.75) is 6.92 Å². The van der Waals surface area contributed by atoms with E-state index in [1.807, 2.05) is 19.1 Å². The number of benzene rings is 4. The highest BCUT2D eigenvalue weighted by Crippen LogP contribution is 2.26. The zero-order valence-corrected chi connectivity index (χ0v) is 22.8. The number of esters is 1. The monoisotopic (exact) mass is 590 g/mol. The summed E-state index contributed by atoms with van der Waals surface area (Å²) in [6.07, 6.45) is 1.10. The van der Waals surface area contributed by atoms with Gasteiger partial charge in [-0.1, -0.05) is 40.9 Å². The Kier molecular flexibility index (Phi) is 9.08. The number of nitro benzene ring substituents is 1. The molecule has 4 rings (SSSR count). The third-order valence-corrected chi connectivity index (χ3v) is 6.19. The second kappa shape index (κ2) is 12.9. The van der Waals surface area contributed by atoms with Crippen molar-refractivity contribution in [3.05, 3.63) is 133 Å². The summed E-state index contributed by atoms with van der Waals surface area (Å²) in [5.41, 5.74) is 4.35. The van der Waals surface area contributed by atoms with E-state index in [9.17, 15) is 24.5 Å². The van der Waals surface area contributed by atoms with Gasteiger partial charge in [0.15, 0.2) is 0 Å². The van der Waals surface area contributed by atoms with Gasteiger partial charge in [0.05, 0.1) is 21.7 Å². The summed E-state index contributed by atoms with van der Waals surface area (Å²) in [5.74, 6) is -1.76. The maximum Gasteiger partial charge on any atom is 0.345 e. The van der Waals surface area contributed by atoms with E-state index in [0.717, 1.165) is 23.9 Å². The molecule has 41 heavy (non-hydrogen) atoms. The van der Waals surface area contributed by atoms with E-state index >= 15 is 0 Å². The lowest BCUT2D eigenvalue weighted by Crippen LogP contribution is -2.18. The number of hydrazone groups is 1. The molecule has 0 aliphatic heterocycles. The van der Waals surface area contributed by atoms with Crippen LogP contribution < -0.4 is 15.5 Å². The van der Waals surface area contributed by atoms with Crippen molar-refractivity contribution < 1.29 is 24.0 Å². The highest BCUT2D eigenvalue weighted by molar-refractivity contribution is 6.36. The maximum absolute atomic E-state index is 12.6. The van der Waals surface area contributed by atoms with E-state index < -0.39 is 16.8 Å². The fourth-order valence-electron chi connectivity index (χ4n) is 3.49. The Morgan fingerprint density at radius 2 is 1.54 bits per heavy atom. The molecule has 0 fully saturated rings. The van der Waals surface area contributed by atoms with Crippen LogP contribution in [0.1, 0.15) is 42.2 Å². The van der Waals surface area contributed by atoms with Gasteiger partial charge in [-0.25, -0.2) is 10.2 Å². The van der Waals surface area contributed by atoms with Gasteiger partial charge in [0.1, 0.15) is 5.75 Å². The zero-order valence-electron chi connectivity index (χ0n) is 21.3. The summed E-state index contributed by atoms with van der Waals surface area (Å²) in [7, 11) is 0. The molecule has 0 aromatic heterocycles. The van der Waals surface area contributed by atoms with E-state index in [-0.39, 0.29) is 39.1 Å². The van der Waals surface area contributed by atoms with Crippen molar-refractivity contribution in [1.29, 1.82) is 0 Å². The number of aryl methyl sites for hydroxylation is 1. The van der Waals surface area contributed by atoms with Gasteiger partial charge in [-0.2, -0.15) is 5.10 Å². The Labute approximate surface area is 243 Å². The number of amides is 2. The molecule has 10 nitrogen and oxygen atoms in total. The van der Waals surface area contributed by atoms with Gasteiger partial charge in [0.2, 0.25) is 0 Å². The first-order valence-corrected chi connectivity index (χ1v) is 12.6. The highest BCUT2D eigenvalue weighted by atomic mass is 35.5. The van der Waals surface area contributed by atoms with Crippen LogP contribution in [0.3, 0.4) is 0 Å². The normalized spacial score (nSPS) is 10.7. The summed E-state index contributed by atoms with van der Waals surface area (Å²) in [5, 5.41) is 18.3. The van der Waals surface area contributed by atoms with Crippen LogP contribution in [0.25, 0.3) is 0 Å². The third-order valence-electron chi connectivity index (χ3n) is 5.65. The van der Waals surface area contributed by atoms with E-state index in [1.54, 1.807) is 24.3 Å². The molecule has 4 aromatic carbocycles. The van der Waals surface area contributed by atoms with E-state index in [2.05, 4.69) is 15.8 Å². The molecule has 2 amide bonds. The summed E-state index contributed by atoms with van der Waals surface area (Å²) in [6.45, 7) is 1.92. The Balaban J connectivity index is 1.44. The molecule has 4 aromatic rings. The molecular weight excluding hydrogens is 571 g/mol. The van der Waals surface area contributed by atoms with Crippen LogP contribution >= 0.6 is 23.2 Å². The molecule has 0 saturated heterocycles. The highest BCUT2D eigenvalue weighted by Gasteiger charge is 2.17. The molecule has 0 spiro atoms. The number of hydrogen-bond donors (Lipinski definition) is 2. The van der Waals surface area contributed by atoms with Crippen molar-refractivity contribution >= 4 is 58.6 Å². The molecule has 0 radical (unpaired) electrons. The molecule has 0 bridgehead atoms. The number of nitro groups is 1. The number of non-ortho nitro benzene ring substituents is 1. The molecule has 12 heteroatoms. The molecule has 0 aliphatic carbocycles. The quantitative estimate of drug-likeness (QED) is 0.0794. The van der Waals surface area contributed by atoms with E-state index in [1.165, 1.54) is 36.4 Å². The van der Waals surface area contributed by atoms with Gasteiger partial charge in [-0.15, -0.1) is 0 Å². The molecule has 0 saturated carbocycles. The Morgan fingerprint density at radius 1 is 0.878 bits per heavy atom. The SMILES string of the molecule is Cc1ccc(C(=O)Nc2ccc(C(=O)N/N=C/c3cc([N+](=O)[O-])ccc3OC(=O)c3ccc(Cl)cc3Cl)cc2)cc1. The molecular formula is C29H20Cl2N4O6. The van der Waals surface area contributed by atoms with Crippen LogP contribution in [0.15, 0.2) is 90.0 Å². The average Bonchev–Trinajstić information content (AvgIpc) is 2.94. The number of carbonyl (C=O) groups is 3. The number of halogens is 2. The number of nitrogens with zero attached hydrogens (tertiary/aromatic N) is 2. The lowest BCUT2D eigenvalue weighted by molar-refractivity contribution is -0.384. The molecule has 2 N–H and O–H groups in total. The van der Waals surface area contributed by atoms with Crippen LogP contribution in [-0.4, -0.2) is 28.9 Å². The average molecular weight is 591 g/mol. The van der Waals surface area contributed by atoms with Crippen molar-refractivity contribution in [2.75, 3.05) is 5.32 Å². The Hall–Kier alpha value is -5.06.